The van der Waals surface area contributed by atoms with E-state index < -0.39 is 5.97 Å². The normalized spacial score (nSPS) is 9.43. The molecule has 5 heteroatoms. The van der Waals surface area contributed by atoms with Crippen LogP contribution >= 0.6 is 0 Å². The molecule has 1 heterocycles. The molecular formula is C9H11N3O2. The Morgan fingerprint density at radius 2 is 2.57 bits per heavy atom. The van der Waals surface area contributed by atoms with Gasteiger partial charge in [-0.25, -0.2) is 9.78 Å². The van der Waals surface area contributed by atoms with E-state index in [-0.39, 0.29) is 5.82 Å². The summed E-state index contributed by atoms with van der Waals surface area (Å²) in [5.74, 6) is 2.08. The van der Waals surface area contributed by atoms with Crippen LogP contribution in [0.15, 0.2) is 6.33 Å². The molecule has 0 fully saturated rings. The lowest BCUT2D eigenvalue weighted by Crippen LogP contribution is -2.06. The Hall–Kier alpha value is -1.83. The van der Waals surface area contributed by atoms with Crippen molar-refractivity contribution in [2.45, 2.75) is 19.4 Å². The second-order valence-corrected chi connectivity index (χ2v) is 2.63. The lowest BCUT2D eigenvalue weighted by molar-refractivity contribution is 0.0586. The Bertz CT molecular complexity index is 351. The summed E-state index contributed by atoms with van der Waals surface area (Å²) in [6.07, 6.45) is 8.09. The Morgan fingerprint density at radius 3 is 3.21 bits per heavy atom. The molecule has 0 unspecified atom stereocenters. The van der Waals surface area contributed by atoms with Crippen molar-refractivity contribution < 1.29 is 9.53 Å². The minimum Gasteiger partial charge on any atom is -0.463 e. The Labute approximate surface area is 82.1 Å². The summed E-state index contributed by atoms with van der Waals surface area (Å²) in [5.41, 5.74) is 0. The van der Waals surface area contributed by atoms with Gasteiger partial charge in [-0.1, -0.05) is 0 Å². The standard InChI is InChI=1S/C9H11N3O2/c1-3-4-5-6-12-7-10-8(11-12)9(13)14-2/h1,7H,4-6H2,2H3. The van der Waals surface area contributed by atoms with Gasteiger partial charge in [0.15, 0.2) is 0 Å². The number of aryl methyl sites for hydroxylation is 1. The number of methoxy groups -OCH3 is 1. The molecule has 0 saturated heterocycles. The predicted molar refractivity (Wildman–Crippen MR) is 49.4 cm³/mol. The molecular weight excluding hydrogens is 182 g/mol. The lowest BCUT2D eigenvalue weighted by atomic mass is 10.3. The van der Waals surface area contributed by atoms with E-state index in [1.165, 1.54) is 13.4 Å². The smallest absolute Gasteiger partial charge is 0.377 e. The van der Waals surface area contributed by atoms with Crippen LogP contribution in [0.5, 0.6) is 0 Å². The van der Waals surface area contributed by atoms with Gasteiger partial charge in [-0.2, -0.15) is 0 Å². The molecule has 0 aliphatic carbocycles. The number of unbranched alkanes of at least 4 members (excludes halogenated alkanes) is 1. The number of carbonyl (C=O) groups is 1. The van der Waals surface area contributed by atoms with Gasteiger partial charge in [-0.3, -0.25) is 4.68 Å². The maximum atomic E-state index is 11.0. The third-order valence-electron chi connectivity index (χ3n) is 1.61. The van der Waals surface area contributed by atoms with Crippen molar-refractivity contribution in [3.8, 4) is 12.3 Å². The van der Waals surface area contributed by atoms with Gasteiger partial charge >= 0.3 is 5.97 Å². The molecule has 14 heavy (non-hydrogen) atoms. The molecule has 0 N–H and O–H groups in total. The van der Waals surface area contributed by atoms with Crippen LogP contribution in [0, 0.1) is 12.3 Å². The molecule has 74 valence electrons. The highest BCUT2D eigenvalue weighted by Gasteiger charge is 2.10. The summed E-state index contributed by atoms with van der Waals surface area (Å²) in [5, 5.41) is 3.92. The zero-order valence-electron chi connectivity index (χ0n) is 7.93. The first kappa shape index (κ1) is 10.3. The molecule has 0 radical (unpaired) electrons. The fourth-order valence-electron chi connectivity index (χ4n) is 0.930. The molecule has 1 rings (SSSR count). The molecule has 1 aromatic heterocycles. The second kappa shape index (κ2) is 5.02. The maximum Gasteiger partial charge on any atom is 0.377 e. The number of nitrogens with zero attached hydrogens (tertiary/aromatic N) is 3. The van der Waals surface area contributed by atoms with Gasteiger partial charge in [0.1, 0.15) is 6.33 Å². The third-order valence-corrected chi connectivity index (χ3v) is 1.61. The van der Waals surface area contributed by atoms with Gasteiger partial charge in [0, 0.05) is 13.0 Å². The molecule has 0 aromatic carbocycles. The number of aromatic nitrogens is 3. The lowest BCUT2D eigenvalue weighted by Gasteiger charge is -1.95. The van der Waals surface area contributed by atoms with Crippen LogP contribution in [0.3, 0.4) is 0 Å². The van der Waals surface area contributed by atoms with Crippen molar-refractivity contribution in [2.24, 2.45) is 0 Å². The Kier molecular flexibility index (Phi) is 3.68. The summed E-state index contributed by atoms with van der Waals surface area (Å²) in [6, 6.07) is 0. The van der Waals surface area contributed by atoms with E-state index in [0.29, 0.717) is 13.0 Å². The van der Waals surface area contributed by atoms with E-state index in [9.17, 15) is 4.79 Å². The van der Waals surface area contributed by atoms with Crippen LogP contribution in [0.1, 0.15) is 23.5 Å². The number of terminal acetylenes is 1. The number of hydrogen-bond acceptors (Lipinski definition) is 4. The molecule has 5 nitrogen and oxygen atoms in total. The second-order valence-electron chi connectivity index (χ2n) is 2.63. The topological polar surface area (TPSA) is 57.0 Å². The molecule has 1 aromatic rings. The zero-order valence-corrected chi connectivity index (χ0v) is 7.93. The average molecular weight is 193 g/mol. The van der Waals surface area contributed by atoms with Crippen LogP contribution < -0.4 is 0 Å². The van der Waals surface area contributed by atoms with Crippen molar-refractivity contribution in [3.63, 3.8) is 0 Å². The fourth-order valence-corrected chi connectivity index (χ4v) is 0.930. The van der Waals surface area contributed by atoms with Crippen molar-refractivity contribution in [2.75, 3.05) is 7.11 Å². The van der Waals surface area contributed by atoms with Gasteiger partial charge in [-0.05, 0) is 6.42 Å². The number of esters is 1. The first-order valence-corrected chi connectivity index (χ1v) is 4.19. The van der Waals surface area contributed by atoms with Gasteiger partial charge in [0.25, 0.3) is 5.82 Å². The van der Waals surface area contributed by atoms with Gasteiger partial charge in [-0.15, -0.1) is 17.4 Å². The van der Waals surface area contributed by atoms with E-state index >= 15 is 0 Å². The molecule has 0 amide bonds. The Balaban J connectivity index is 2.51. The largest absolute Gasteiger partial charge is 0.463 e. The number of carbonyl (C=O) groups excluding carboxylic acids is 1. The SMILES string of the molecule is C#CCCCn1cnc(C(=O)OC)n1. The minimum absolute atomic E-state index is 0.0770. The first-order chi connectivity index (χ1) is 6.77. The van der Waals surface area contributed by atoms with Crippen LogP contribution in [0.4, 0.5) is 0 Å². The van der Waals surface area contributed by atoms with Gasteiger partial charge in [0.05, 0.1) is 7.11 Å². The molecule has 0 atom stereocenters. The number of ether oxygens (including phenoxy) is 1. The van der Waals surface area contributed by atoms with E-state index in [1.54, 1.807) is 4.68 Å². The minimum atomic E-state index is -0.527. The molecule has 0 bridgehead atoms. The van der Waals surface area contributed by atoms with Crippen LogP contribution in [-0.4, -0.2) is 27.8 Å². The van der Waals surface area contributed by atoms with Gasteiger partial charge < -0.3 is 4.74 Å². The van der Waals surface area contributed by atoms with E-state index in [1.807, 2.05) is 0 Å². The summed E-state index contributed by atoms with van der Waals surface area (Å²) >= 11 is 0. The maximum absolute atomic E-state index is 11.0. The quantitative estimate of drug-likeness (QED) is 0.396. The number of rotatable bonds is 4. The first-order valence-electron chi connectivity index (χ1n) is 4.19. The van der Waals surface area contributed by atoms with Crippen molar-refractivity contribution in [1.82, 2.24) is 14.8 Å². The highest BCUT2D eigenvalue weighted by atomic mass is 16.5. The van der Waals surface area contributed by atoms with E-state index in [2.05, 4.69) is 20.7 Å². The highest BCUT2D eigenvalue weighted by molar-refractivity contribution is 5.84. The summed E-state index contributed by atoms with van der Waals surface area (Å²) in [6.45, 7) is 0.661. The van der Waals surface area contributed by atoms with Crippen molar-refractivity contribution in [1.29, 1.82) is 0 Å². The fraction of sp³-hybridized carbons (Fsp3) is 0.444. The van der Waals surface area contributed by atoms with Gasteiger partial charge in [0.2, 0.25) is 0 Å². The van der Waals surface area contributed by atoms with Crippen LogP contribution in [0.2, 0.25) is 0 Å². The summed E-state index contributed by atoms with van der Waals surface area (Å²) in [4.78, 5) is 14.8. The predicted octanol–water partition coefficient (Wildman–Crippen LogP) is 0.478. The van der Waals surface area contributed by atoms with Crippen molar-refractivity contribution in [3.05, 3.63) is 12.2 Å². The number of hydrogen-bond donors (Lipinski definition) is 0. The Morgan fingerprint density at radius 1 is 1.79 bits per heavy atom. The molecule has 0 aliphatic rings. The summed E-state index contributed by atoms with van der Waals surface area (Å²) < 4.78 is 6.04. The summed E-state index contributed by atoms with van der Waals surface area (Å²) in [7, 11) is 1.29. The monoisotopic (exact) mass is 193 g/mol. The van der Waals surface area contributed by atoms with Crippen LogP contribution in [0.25, 0.3) is 0 Å². The van der Waals surface area contributed by atoms with E-state index in [0.717, 1.165) is 6.42 Å². The van der Waals surface area contributed by atoms with E-state index in [4.69, 9.17) is 6.42 Å². The van der Waals surface area contributed by atoms with Crippen molar-refractivity contribution >= 4 is 5.97 Å². The molecule has 0 aliphatic heterocycles. The zero-order chi connectivity index (χ0) is 10.4. The third kappa shape index (κ3) is 2.59. The average Bonchev–Trinajstić information content (AvgIpc) is 2.66. The molecule has 0 saturated carbocycles. The molecule has 0 spiro atoms. The van der Waals surface area contributed by atoms with Crippen LogP contribution in [-0.2, 0) is 11.3 Å². The highest BCUT2D eigenvalue weighted by Crippen LogP contribution is 1.95.